The van der Waals surface area contributed by atoms with Crippen LogP contribution in [0.2, 0.25) is 0 Å². The number of nitrogens with zero attached hydrogens (tertiary/aromatic N) is 1. The number of para-hydroxylation sites is 1. The maximum Gasteiger partial charge on any atom is 0.240 e. The number of hydrogen-bond donors (Lipinski definition) is 0. The van der Waals surface area contributed by atoms with Crippen LogP contribution in [0.5, 0.6) is 0 Å². The summed E-state index contributed by atoms with van der Waals surface area (Å²) in [6.07, 6.45) is 2.42. The molecule has 13 heavy (non-hydrogen) atoms. The average molecular weight is 177 g/mol. The summed E-state index contributed by atoms with van der Waals surface area (Å²) >= 11 is 0. The Morgan fingerprint density at radius 1 is 1.31 bits per heavy atom. The zero-order chi connectivity index (χ0) is 10.1. The molecule has 0 unspecified atom stereocenters. The van der Waals surface area contributed by atoms with E-state index in [0.717, 1.165) is 17.7 Å². The Balaban J connectivity index is 0.000000671. The second kappa shape index (κ2) is 7.26. The number of carbonyl (C=O) groups excluding carboxylic acids is 1. The third-order valence-corrected chi connectivity index (χ3v) is 1.54. The van der Waals surface area contributed by atoms with Crippen molar-refractivity contribution in [1.29, 1.82) is 0 Å². The van der Waals surface area contributed by atoms with E-state index in [9.17, 15) is 4.79 Å². The Hall–Kier alpha value is -1.40. The number of aliphatic imine (C=N–C) groups is 1. The molecule has 0 aliphatic rings. The number of rotatable bonds is 2. The lowest BCUT2D eigenvalue weighted by Crippen LogP contribution is -1.78. The summed E-state index contributed by atoms with van der Waals surface area (Å²) in [6.45, 7) is 6.03. The Morgan fingerprint density at radius 3 is 2.46 bits per heavy atom. The second-order valence-corrected chi connectivity index (χ2v) is 2.19. The highest BCUT2D eigenvalue weighted by molar-refractivity contribution is 5.53. The van der Waals surface area contributed by atoms with Crippen LogP contribution >= 0.6 is 0 Å². The van der Waals surface area contributed by atoms with E-state index >= 15 is 0 Å². The van der Waals surface area contributed by atoms with Crippen LogP contribution in [-0.4, -0.2) is 6.08 Å². The first-order valence-corrected chi connectivity index (χ1v) is 4.54. The summed E-state index contributed by atoms with van der Waals surface area (Å²) in [5, 5.41) is 0. The van der Waals surface area contributed by atoms with Crippen LogP contribution in [0, 0.1) is 0 Å². The van der Waals surface area contributed by atoms with Gasteiger partial charge in [0.25, 0.3) is 0 Å². The highest BCUT2D eigenvalue weighted by atomic mass is 16.1. The highest BCUT2D eigenvalue weighted by Crippen LogP contribution is 2.17. The largest absolute Gasteiger partial charge is 0.240 e. The number of isocyanates is 1. The van der Waals surface area contributed by atoms with Crippen LogP contribution in [0.4, 0.5) is 5.69 Å². The molecule has 0 aliphatic heterocycles. The molecule has 1 rings (SSSR count). The zero-order valence-electron chi connectivity index (χ0n) is 8.37. The van der Waals surface area contributed by atoms with Crippen LogP contribution in [0.25, 0.3) is 0 Å². The van der Waals surface area contributed by atoms with Crippen molar-refractivity contribution in [2.24, 2.45) is 4.99 Å². The van der Waals surface area contributed by atoms with Gasteiger partial charge in [-0.1, -0.05) is 39.0 Å². The van der Waals surface area contributed by atoms with Crippen molar-refractivity contribution in [1.82, 2.24) is 0 Å². The molecular formula is C11H15NO. The molecule has 0 radical (unpaired) electrons. The zero-order valence-corrected chi connectivity index (χ0v) is 8.37. The minimum absolute atomic E-state index is 0.727. The van der Waals surface area contributed by atoms with Crippen LogP contribution in [0.3, 0.4) is 0 Å². The van der Waals surface area contributed by atoms with Crippen LogP contribution in [-0.2, 0) is 11.2 Å². The average Bonchev–Trinajstić information content (AvgIpc) is 2.22. The topological polar surface area (TPSA) is 29.4 Å². The third-order valence-electron chi connectivity index (χ3n) is 1.54. The summed E-state index contributed by atoms with van der Waals surface area (Å²) in [5.41, 5.74) is 1.81. The lowest BCUT2D eigenvalue weighted by atomic mass is 10.1. The van der Waals surface area contributed by atoms with Gasteiger partial charge in [0.1, 0.15) is 0 Å². The van der Waals surface area contributed by atoms with E-state index in [0.29, 0.717) is 0 Å². The number of hydrogen-bond acceptors (Lipinski definition) is 2. The summed E-state index contributed by atoms with van der Waals surface area (Å²) in [4.78, 5) is 13.5. The van der Waals surface area contributed by atoms with Gasteiger partial charge in [0.2, 0.25) is 6.08 Å². The van der Waals surface area contributed by atoms with E-state index in [2.05, 4.69) is 4.99 Å². The second-order valence-electron chi connectivity index (χ2n) is 2.19. The molecule has 1 aromatic carbocycles. The van der Waals surface area contributed by atoms with Gasteiger partial charge in [-0.25, -0.2) is 4.79 Å². The first-order chi connectivity index (χ1) is 6.38. The fraction of sp³-hybridized carbons (Fsp3) is 0.364. The minimum atomic E-state index is 0.727. The molecule has 2 nitrogen and oxygen atoms in total. The molecule has 0 N–H and O–H groups in total. The van der Waals surface area contributed by atoms with Crippen molar-refractivity contribution in [2.75, 3.05) is 0 Å². The van der Waals surface area contributed by atoms with Gasteiger partial charge in [0.05, 0.1) is 5.69 Å². The fourth-order valence-corrected chi connectivity index (χ4v) is 0.968. The van der Waals surface area contributed by atoms with E-state index in [1.807, 2.05) is 45.0 Å². The van der Waals surface area contributed by atoms with Crippen molar-refractivity contribution < 1.29 is 4.79 Å². The Kier molecular flexibility index (Phi) is 6.48. The predicted molar refractivity (Wildman–Crippen MR) is 54.9 cm³/mol. The predicted octanol–water partition coefficient (Wildman–Crippen LogP) is 3.24. The van der Waals surface area contributed by atoms with Crippen molar-refractivity contribution in [3.05, 3.63) is 29.8 Å². The van der Waals surface area contributed by atoms with Gasteiger partial charge in [-0.05, 0) is 18.1 Å². The van der Waals surface area contributed by atoms with E-state index in [1.54, 1.807) is 0 Å². The van der Waals surface area contributed by atoms with Gasteiger partial charge in [-0.15, -0.1) is 0 Å². The molecule has 0 fully saturated rings. The summed E-state index contributed by atoms with van der Waals surface area (Å²) < 4.78 is 0. The lowest BCUT2D eigenvalue weighted by Gasteiger charge is -1.97. The molecule has 0 saturated carbocycles. The van der Waals surface area contributed by atoms with Gasteiger partial charge >= 0.3 is 0 Å². The van der Waals surface area contributed by atoms with E-state index in [1.165, 1.54) is 6.08 Å². The molecule has 0 bridgehead atoms. The van der Waals surface area contributed by atoms with Crippen molar-refractivity contribution in [3.8, 4) is 0 Å². The van der Waals surface area contributed by atoms with Crippen molar-refractivity contribution in [2.45, 2.75) is 27.2 Å². The smallest absolute Gasteiger partial charge is 0.211 e. The van der Waals surface area contributed by atoms with Gasteiger partial charge in [0.15, 0.2) is 0 Å². The molecule has 2 heteroatoms. The molecule has 0 heterocycles. The Bertz CT molecular complexity index is 288. The normalized spacial score (nSPS) is 7.92. The Morgan fingerprint density at radius 2 is 1.92 bits per heavy atom. The monoisotopic (exact) mass is 177 g/mol. The maximum atomic E-state index is 9.95. The van der Waals surface area contributed by atoms with Gasteiger partial charge in [0, 0.05) is 0 Å². The lowest BCUT2D eigenvalue weighted by molar-refractivity contribution is 0.565. The van der Waals surface area contributed by atoms with Crippen LogP contribution < -0.4 is 0 Å². The molecule has 70 valence electrons. The first-order valence-electron chi connectivity index (χ1n) is 4.54. The SMILES string of the molecule is CC.CCc1ccccc1N=C=O. The molecule has 1 aromatic rings. The molecule has 0 atom stereocenters. The molecule has 0 saturated heterocycles. The molecular weight excluding hydrogens is 162 g/mol. The number of aryl methyl sites for hydroxylation is 1. The summed E-state index contributed by atoms with van der Waals surface area (Å²) in [7, 11) is 0. The van der Waals surface area contributed by atoms with E-state index in [4.69, 9.17) is 0 Å². The minimum Gasteiger partial charge on any atom is -0.211 e. The highest BCUT2D eigenvalue weighted by Gasteiger charge is 1.94. The number of benzene rings is 1. The first kappa shape index (κ1) is 11.6. The van der Waals surface area contributed by atoms with E-state index in [-0.39, 0.29) is 0 Å². The summed E-state index contributed by atoms with van der Waals surface area (Å²) in [5.74, 6) is 0. The van der Waals surface area contributed by atoms with Crippen molar-refractivity contribution >= 4 is 11.8 Å². The van der Waals surface area contributed by atoms with Crippen molar-refractivity contribution in [3.63, 3.8) is 0 Å². The van der Waals surface area contributed by atoms with E-state index < -0.39 is 0 Å². The van der Waals surface area contributed by atoms with Gasteiger partial charge in [-0.2, -0.15) is 4.99 Å². The Labute approximate surface area is 79.3 Å². The van der Waals surface area contributed by atoms with Gasteiger partial charge < -0.3 is 0 Å². The quantitative estimate of drug-likeness (QED) is 0.503. The molecule has 0 aliphatic carbocycles. The maximum absolute atomic E-state index is 9.95. The standard InChI is InChI=1S/C9H9NO.C2H6/c1-2-8-5-3-4-6-9(8)10-7-11;1-2/h3-6H,2H2,1H3;1-2H3. The molecule has 0 amide bonds. The summed E-state index contributed by atoms with van der Waals surface area (Å²) in [6, 6.07) is 7.55. The van der Waals surface area contributed by atoms with Crippen LogP contribution in [0.15, 0.2) is 29.3 Å². The van der Waals surface area contributed by atoms with Crippen LogP contribution in [0.1, 0.15) is 26.3 Å². The molecule has 0 spiro atoms. The van der Waals surface area contributed by atoms with Gasteiger partial charge in [-0.3, -0.25) is 0 Å². The third kappa shape index (κ3) is 3.68. The molecule has 0 aromatic heterocycles. The fourth-order valence-electron chi connectivity index (χ4n) is 0.968.